The monoisotopic (exact) mass is 410 g/mol. The maximum absolute atomic E-state index is 12.7. The lowest BCUT2D eigenvalue weighted by atomic mass is 10.1. The Morgan fingerprint density at radius 3 is 2.71 bits per heavy atom. The van der Waals surface area contributed by atoms with E-state index < -0.39 is 12.7 Å². The summed E-state index contributed by atoms with van der Waals surface area (Å²) in [7, 11) is 0. The standard InChI is InChI=1S/C18H17ClF2N4O3/c1-10(2)13-8-22-16-12(7-15(19)23-25(13)16)24(18(26)27)9-11-5-3-4-6-14(11)28-17(20)21/h3-8,10,17H,9H2,1-2H3,(H,26,27). The van der Waals surface area contributed by atoms with Crippen molar-refractivity contribution in [1.29, 1.82) is 0 Å². The van der Waals surface area contributed by atoms with Crippen molar-refractivity contribution in [3.63, 3.8) is 0 Å². The van der Waals surface area contributed by atoms with E-state index in [4.69, 9.17) is 11.6 Å². The molecule has 1 aromatic carbocycles. The number of fused-ring (bicyclic) bond motifs is 1. The maximum Gasteiger partial charge on any atom is 0.412 e. The Labute approximate surface area is 164 Å². The van der Waals surface area contributed by atoms with Crippen LogP contribution in [0.5, 0.6) is 5.75 Å². The largest absolute Gasteiger partial charge is 0.465 e. The highest BCUT2D eigenvalue weighted by atomic mass is 35.5. The van der Waals surface area contributed by atoms with Gasteiger partial charge in [-0.3, -0.25) is 4.90 Å². The summed E-state index contributed by atoms with van der Waals surface area (Å²) in [5.41, 5.74) is 1.51. The van der Waals surface area contributed by atoms with Crippen LogP contribution in [0, 0.1) is 0 Å². The van der Waals surface area contributed by atoms with Gasteiger partial charge in [-0.1, -0.05) is 43.6 Å². The molecule has 0 radical (unpaired) electrons. The van der Waals surface area contributed by atoms with Gasteiger partial charge in [0.1, 0.15) is 5.75 Å². The van der Waals surface area contributed by atoms with Crippen LogP contribution in [-0.4, -0.2) is 32.4 Å². The molecule has 0 saturated carbocycles. The van der Waals surface area contributed by atoms with E-state index in [9.17, 15) is 18.7 Å². The molecule has 3 aromatic rings. The van der Waals surface area contributed by atoms with Crippen molar-refractivity contribution in [2.45, 2.75) is 32.9 Å². The molecule has 7 nitrogen and oxygen atoms in total. The van der Waals surface area contributed by atoms with E-state index in [0.29, 0.717) is 5.65 Å². The van der Waals surface area contributed by atoms with Crippen molar-refractivity contribution < 1.29 is 23.4 Å². The molecule has 0 aliphatic carbocycles. The van der Waals surface area contributed by atoms with Crippen LogP contribution in [0.1, 0.15) is 31.0 Å². The Hall–Kier alpha value is -2.94. The Balaban J connectivity index is 2.09. The molecule has 1 amide bonds. The van der Waals surface area contributed by atoms with Crippen LogP contribution in [0.15, 0.2) is 36.5 Å². The lowest BCUT2D eigenvalue weighted by Crippen LogP contribution is -2.29. The first kappa shape index (κ1) is 19.8. The lowest BCUT2D eigenvalue weighted by molar-refractivity contribution is -0.0504. The fourth-order valence-electron chi connectivity index (χ4n) is 2.80. The molecule has 0 fully saturated rings. The number of carbonyl (C=O) groups is 1. The number of rotatable bonds is 6. The van der Waals surface area contributed by atoms with Crippen molar-refractivity contribution in [2.24, 2.45) is 0 Å². The second-order valence-corrected chi connectivity index (χ2v) is 6.67. The molecule has 0 saturated heterocycles. The summed E-state index contributed by atoms with van der Waals surface area (Å²) < 4.78 is 31.3. The number of carboxylic acid groups (broad SMARTS) is 1. The van der Waals surface area contributed by atoms with Crippen LogP contribution < -0.4 is 9.64 Å². The van der Waals surface area contributed by atoms with E-state index >= 15 is 0 Å². The molecule has 2 aromatic heterocycles. The Morgan fingerprint density at radius 1 is 1.36 bits per heavy atom. The average molecular weight is 411 g/mol. The SMILES string of the molecule is CC(C)c1cnc2c(N(Cc3ccccc3OC(F)F)C(=O)O)cc(Cl)nn12. The molecule has 0 atom stereocenters. The van der Waals surface area contributed by atoms with Crippen molar-refractivity contribution in [3.05, 3.63) is 52.9 Å². The van der Waals surface area contributed by atoms with Gasteiger partial charge in [0.05, 0.1) is 24.1 Å². The molecule has 0 bridgehead atoms. The first-order valence-corrected chi connectivity index (χ1v) is 8.73. The predicted molar refractivity (Wildman–Crippen MR) is 99.4 cm³/mol. The van der Waals surface area contributed by atoms with Gasteiger partial charge in [-0.2, -0.15) is 13.9 Å². The summed E-state index contributed by atoms with van der Waals surface area (Å²) in [5.74, 6) is -0.0293. The molecular weight excluding hydrogens is 394 g/mol. The van der Waals surface area contributed by atoms with Crippen LogP contribution in [0.4, 0.5) is 19.3 Å². The number of hydrogen-bond acceptors (Lipinski definition) is 4. The minimum Gasteiger partial charge on any atom is -0.465 e. The molecule has 1 N–H and O–H groups in total. The highest BCUT2D eigenvalue weighted by Gasteiger charge is 2.23. The number of benzene rings is 1. The van der Waals surface area contributed by atoms with Gasteiger partial charge >= 0.3 is 12.7 Å². The van der Waals surface area contributed by atoms with E-state index in [2.05, 4.69) is 14.8 Å². The van der Waals surface area contributed by atoms with Crippen LogP contribution in [-0.2, 0) is 6.54 Å². The van der Waals surface area contributed by atoms with E-state index in [1.54, 1.807) is 12.3 Å². The van der Waals surface area contributed by atoms with Gasteiger partial charge in [-0.15, -0.1) is 0 Å². The normalized spacial score (nSPS) is 11.4. The van der Waals surface area contributed by atoms with E-state index in [1.165, 1.54) is 28.8 Å². The molecule has 2 heterocycles. The quantitative estimate of drug-likeness (QED) is 0.631. The van der Waals surface area contributed by atoms with Crippen molar-refractivity contribution in [1.82, 2.24) is 14.6 Å². The number of halogens is 3. The Morgan fingerprint density at radius 2 is 2.07 bits per heavy atom. The second-order valence-electron chi connectivity index (χ2n) is 6.28. The average Bonchev–Trinajstić information content (AvgIpc) is 3.03. The van der Waals surface area contributed by atoms with Gasteiger partial charge in [0, 0.05) is 11.6 Å². The van der Waals surface area contributed by atoms with Gasteiger partial charge in [-0.05, 0) is 12.0 Å². The van der Waals surface area contributed by atoms with Crippen molar-refractivity contribution in [2.75, 3.05) is 4.90 Å². The van der Waals surface area contributed by atoms with Crippen LogP contribution in [0.25, 0.3) is 5.65 Å². The highest BCUT2D eigenvalue weighted by molar-refractivity contribution is 6.29. The molecule has 0 spiro atoms. The van der Waals surface area contributed by atoms with Crippen molar-refractivity contribution in [3.8, 4) is 5.75 Å². The molecule has 10 heteroatoms. The van der Waals surface area contributed by atoms with Gasteiger partial charge in [0.2, 0.25) is 0 Å². The number of para-hydroxylation sites is 1. The number of aromatic nitrogens is 3. The third-order valence-electron chi connectivity index (χ3n) is 4.08. The zero-order chi connectivity index (χ0) is 20.4. The summed E-state index contributed by atoms with van der Waals surface area (Å²) in [6.07, 6.45) is 0.297. The first-order valence-electron chi connectivity index (χ1n) is 8.35. The fourth-order valence-corrected chi connectivity index (χ4v) is 2.98. The van der Waals surface area contributed by atoms with Gasteiger partial charge in [0.15, 0.2) is 10.8 Å². The van der Waals surface area contributed by atoms with E-state index in [-0.39, 0.29) is 34.6 Å². The van der Waals surface area contributed by atoms with Crippen LogP contribution in [0.3, 0.4) is 0 Å². The number of alkyl halides is 2. The topological polar surface area (TPSA) is 80.0 Å². The minimum atomic E-state index is -3.03. The third-order valence-corrected chi connectivity index (χ3v) is 4.26. The van der Waals surface area contributed by atoms with E-state index in [0.717, 1.165) is 10.6 Å². The molecule has 28 heavy (non-hydrogen) atoms. The summed E-state index contributed by atoms with van der Waals surface area (Å²) in [6.45, 7) is 0.623. The molecule has 0 unspecified atom stereocenters. The minimum absolute atomic E-state index is 0.0748. The van der Waals surface area contributed by atoms with Gasteiger partial charge < -0.3 is 9.84 Å². The number of ether oxygens (including phenoxy) is 1. The predicted octanol–water partition coefficient (Wildman–Crippen LogP) is 4.79. The smallest absolute Gasteiger partial charge is 0.412 e. The van der Waals surface area contributed by atoms with E-state index in [1.807, 2.05) is 13.8 Å². The number of amides is 1. The number of anilines is 1. The maximum atomic E-state index is 12.7. The second kappa shape index (κ2) is 7.97. The molecule has 0 aliphatic rings. The fraction of sp³-hybridized carbons (Fsp3) is 0.278. The first-order chi connectivity index (χ1) is 13.3. The van der Waals surface area contributed by atoms with Gasteiger partial charge in [0.25, 0.3) is 0 Å². The zero-order valence-electron chi connectivity index (χ0n) is 15.0. The molecular formula is C18H17ClF2N4O3. The van der Waals surface area contributed by atoms with Crippen molar-refractivity contribution >= 4 is 29.0 Å². The summed E-state index contributed by atoms with van der Waals surface area (Å²) >= 11 is 6.11. The summed E-state index contributed by atoms with van der Waals surface area (Å²) in [4.78, 5) is 17.2. The Bertz CT molecular complexity index is 1010. The number of nitrogens with zero attached hydrogens (tertiary/aromatic N) is 4. The third kappa shape index (κ3) is 3.99. The summed E-state index contributed by atoms with van der Waals surface area (Å²) in [6, 6.07) is 7.37. The number of imidazole rings is 1. The molecule has 148 valence electrons. The molecule has 0 aliphatic heterocycles. The van der Waals surface area contributed by atoms with Crippen LogP contribution >= 0.6 is 11.6 Å². The van der Waals surface area contributed by atoms with Crippen LogP contribution in [0.2, 0.25) is 5.15 Å². The highest BCUT2D eigenvalue weighted by Crippen LogP contribution is 2.30. The lowest BCUT2D eigenvalue weighted by Gasteiger charge is -2.21. The molecule has 3 rings (SSSR count). The zero-order valence-corrected chi connectivity index (χ0v) is 15.8. The number of hydrogen-bond donors (Lipinski definition) is 1. The van der Waals surface area contributed by atoms with Gasteiger partial charge in [-0.25, -0.2) is 14.3 Å². The Kier molecular flexibility index (Phi) is 5.64. The summed E-state index contributed by atoms with van der Waals surface area (Å²) in [5, 5.41) is 14.0.